The van der Waals surface area contributed by atoms with Crippen LogP contribution in [-0.2, 0) is 16.6 Å². The zero-order valence-corrected chi connectivity index (χ0v) is 17.0. The van der Waals surface area contributed by atoms with Crippen molar-refractivity contribution < 1.29 is 9.53 Å². The van der Waals surface area contributed by atoms with Crippen molar-refractivity contribution in [3.63, 3.8) is 0 Å². The highest BCUT2D eigenvalue weighted by Gasteiger charge is 2.33. The molecular weight excluding hydrogens is 393 g/mol. The smallest absolute Gasteiger partial charge is 0.242 e. The van der Waals surface area contributed by atoms with Gasteiger partial charge in [0, 0.05) is 39.8 Å². The number of ether oxygens (including phenoxy) is 1. The summed E-state index contributed by atoms with van der Waals surface area (Å²) in [5.41, 5.74) is 0.820. The molecule has 9 nitrogen and oxygen atoms in total. The third-order valence-electron chi connectivity index (χ3n) is 4.98. The molecule has 2 aliphatic heterocycles. The largest absolute Gasteiger partial charge is 0.375 e. The molecule has 0 aromatic carbocycles. The number of rotatable bonds is 2. The van der Waals surface area contributed by atoms with Crippen molar-refractivity contribution in [3.8, 4) is 0 Å². The molecule has 0 unspecified atom stereocenters. The van der Waals surface area contributed by atoms with E-state index in [-0.39, 0.29) is 42.9 Å². The first-order chi connectivity index (χ1) is 12.1. The average Bonchev–Trinajstić information content (AvgIpc) is 3.03. The molecule has 1 amide bonds. The van der Waals surface area contributed by atoms with Crippen LogP contribution in [0.3, 0.4) is 0 Å². The Kier molecular flexibility index (Phi) is 7.21. The molecule has 1 N–H and O–H groups in total. The van der Waals surface area contributed by atoms with E-state index in [2.05, 4.69) is 25.3 Å². The topological polar surface area (TPSA) is 88.4 Å². The Hall–Kier alpha value is -1.68. The number of hydrogen-bond donors (Lipinski definition) is 1. The Bertz CT molecular complexity index is 779. The van der Waals surface area contributed by atoms with Crippen LogP contribution in [-0.4, -0.2) is 82.0 Å². The van der Waals surface area contributed by atoms with Gasteiger partial charge >= 0.3 is 0 Å². The first-order valence-corrected chi connectivity index (χ1v) is 8.66. The third kappa shape index (κ3) is 4.11. The van der Waals surface area contributed by atoms with E-state index < -0.39 is 0 Å². The molecule has 2 aromatic heterocycles. The minimum atomic E-state index is -0.246. The number of piperazine rings is 1. The lowest BCUT2D eigenvalue weighted by Crippen LogP contribution is -2.59. The molecule has 11 heteroatoms. The van der Waals surface area contributed by atoms with Gasteiger partial charge in [-0.1, -0.05) is 0 Å². The molecule has 2 aliphatic rings. The zero-order chi connectivity index (χ0) is 17.4. The minimum Gasteiger partial charge on any atom is -0.375 e. The summed E-state index contributed by atoms with van der Waals surface area (Å²) in [6.07, 6.45) is 3.28. The summed E-state index contributed by atoms with van der Waals surface area (Å²) < 4.78 is 7.34. The van der Waals surface area contributed by atoms with Crippen molar-refractivity contribution >= 4 is 47.6 Å². The quantitative estimate of drug-likeness (QED) is 0.747. The fourth-order valence-electron chi connectivity index (χ4n) is 3.55. The van der Waals surface area contributed by atoms with E-state index in [4.69, 9.17) is 4.74 Å². The number of fused-ring (bicyclic) bond motifs is 1. The minimum absolute atomic E-state index is 0. The van der Waals surface area contributed by atoms with E-state index >= 15 is 0 Å². The number of halogens is 2. The summed E-state index contributed by atoms with van der Waals surface area (Å²) in [5, 5.41) is 8.48. The second-order valence-electron chi connectivity index (χ2n) is 6.52. The molecule has 2 fully saturated rings. The highest BCUT2D eigenvalue weighted by Crippen LogP contribution is 2.23. The maximum atomic E-state index is 12.7. The van der Waals surface area contributed by atoms with Crippen molar-refractivity contribution in [2.24, 2.45) is 7.05 Å². The molecule has 150 valence electrons. The van der Waals surface area contributed by atoms with Crippen molar-refractivity contribution in [1.29, 1.82) is 0 Å². The van der Waals surface area contributed by atoms with Crippen LogP contribution in [0.25, 0.3) is 11.0 Å². The van der Waals surface area contributed by atoms with E-state index in [9.17, 15) is 4.79 Å². The van der Waals surface area contributed by atoms with Crippen molar-refractivity contribution in [2.45, 2.75) is 19.1 Å². The van der Waals surface area contributed by atoms with E-state index in [0.717, 1.165) is 36.5 Å². The normalized spacial score (nSPS) is 22.9. The van der Waals surface area contributed by atoms with Gasteiger partial charge in [0.25, 0.3) is 0 Å². The van der Waals surface area contributed by atoms with Gasteiger partial charge < -0.3 is 19.9 Å². The van der Waals surface area contributed by atoms with Gasteiger partial charge in [-0.25, -0.2) is 9.97 Å². The molecule has 2 atom stereocenters. The first-order valence-electron chi connectivity index (χ1n) is 8.66. The van der Waals surface area contributed by atoms with Gasteiger partial charge in [-0.15, -0.1) is 24.8 Å². The van der Waals surface area contributed by atoms with Crippen LogP contribution in [0.4, 0.5) is 5.82 Å². The zero-order valence-electron chi connectivity index (χ0n) is 15.4. The van der Waals surface area contributed by atoms with Crippen LogP contribution in [0.5, 0.6) is 0 Å². The number of nitrogens with one attached hydrogen (secondary N) is 1. The number of hydrogen-bond acceptors (Lipinski definition) is 7. The summed E-state index contributed by atoms with van der Waals surface area (Å²) in [6.45, 7) is 6.17. The molecule has 2 aromatic rings. The monoisotopic (exact) mass is 417 g/mol. The molecule has 27 heavy (non-hydrogen) atoms. The lowest BCUT2D eigenvalue weighted by molar-refractivity contribution is -0.139. The maximum Gasteiger partial charge on any atom is 0.242 e. The van der Waals surface area contributed by atoms with Crippen molar-refractivity contribution in [1.82, 2.24) is 30.0 Å². The Labute approximate surface area is 170 Å². The van der Waals surface area contributed by atoms with Crippen LogP contribution < -0.4 is 10.2 Å². The summed E-state index contributed by atoms with van der Waals surface area (Å²) >= 11 is 0. The summed E-state index contributed by atoms with van der Waals surface area (Å²) in [5.74, 6) is 1.01. The summed E-state index contributed by atoms with van der Waals surface area (Å²) in [6, 6.07) is -0.246. The van der Waals surface area contributed by atoms with Gasteiger partial charge in [-0.2, -0.15) is 5.10 Å². The van der Waals surface area contributed by atoms with Gasteiger partial charge in [0.05, 0.1) is 24.3 Å². The number of nitrogens with zero attached hydrogens (tertiary/aromatic N) is 6. The van der Waals surface area contributed by atoms with Crippen LogP contribution >= 0.6 is 24.8 Å². The van der Waals surface area contributed by atoms with Gasteiger partial charge in [0.1, 0.15) is 18.2 Å². The number of anilines is 1. The number of amides is 1. The predicted octanol–water partition coefficient (Wildman–Crippen LogP) is 0.232. The van der Waals surface area contributed by atoms with E-state index in [0.29, 0.717) is 19.7 Å². The molecule has 0 radical (unpaired) electrons. The molecule has 4 rings (SSSR count). The standard InChI is InChI=1S/C16H23N7O2.2ClH/c1-11-13(17-3-8-25-11)16(24)23-6-4-22(5-7-23)15-12-9-20-21(2)14(12)18-10-19-15;;/h9-11,13,17H,3-8H2,1-2H3;2*1H/t11-,13+;;/m1../s1. The van der Waals surface area contributed by atoms with Crippen LogP contribution in [0.15, 0.2) is 12.5 Å². The summed E-state index contributed by atoms with van der Waals surface area (Å²) in [7, 11) is 1.87. The Morgan fingerprint density at radius 2 is 1.96 bits per heavy atom. The Morgan fingerprint density at radius 3 is 2.67 bits per heavy atom. The fourth-order valence-corrected chi connectivity index (χ4v) is 3.55. The van der Waals surface area contributed by atoms with Crippen molar-refractivity contribution in [3.05, 3.63) is 12.5 Å². The average molecular weight is 418 g/mol. The van der Waals surface area contributed by atoms with Gasteiger partial charge in [-0.3, -0.25) is 9.48 Å². The van der Waals surface area contributed by atoms with E-state index in [1.165, 1.54) is 0 Å². The highest BCUT2D eigenvalue weighted by atomic mass is 35.5. The van der Waals surface area contributed by atoms with Crippen LogP contribution in [0.2, 0.25) is 0 Å². The first kappa shape index (κ1) is 21.6. The molecule has 0 aliphatic carbocycles. The molecule has 0 spiro atoms. The highest BCUT2D eigenvalue weighted by molar-refractivity contribution is 5.87. The van der Waals surface area contributed by atoms with Gasteiger partial charge in [-0.05, 0) is 6.92 Å². The van der Waals surface area contributed by atoms with Crippen LogP contribution in [0, 0.1) is 0 Å². The molecule has 4 heterocycles. The SMILES string of the molecule is C[C@H]1OCCN[C@@H]1C(=O)N1CCN(c2ncnc3c2cnn3C)CC1.Cl.Cl. The van der Waals surface area contributed by atoms with Crippen molar-refractivity contribution in [2.75, 3.05) is 44.2 Å². The predicted molar refractivity (Wildman–Crippen MR) is 107 cm³/mol. The van der Waals surface area contributed by atoms with Crippen LogP contribution in [0.1, 0.15) is 6.92 Å². The van der Waals surface area contributed by atoms with Gasteiger partial charge in [0.2, 0.25) is 5.91 Å². The number of aromatic nitrogens is 4. The number of carbonyl (C=O) groups is 1. The molecular formula is C16H25Cl2N7O2. The van der Waals surface area contributed by atoms with E-state index in [1.807, 2.05) is 18.9 Å². The lowest BCUT2D eigenvalue weighted by atomic mass is 10.1. The Morgan fingerprint density at radius 1 is 1.22 bits per heavy atom. The van der Waals surface area contributed by atoms with E-state index in [1.54, 1.807) is 17.2 Å². The summed E-state index contributed by atoms with van der Waals surface area (Å²) in [4.78, 5) is 25.6. The third-order valence-corrected chi connectivity index (χ3v) is 4.98. The molecule has 2 saturated heterocycles. The number of morpholine rings is 1. The number of carbonyl (C=O) groups excluding carboxylic acids is 1. The maximum absolute atomic E-state index is 12.7. The fraction of sp³-hybridized carbons (Fsp3) is 0.625. The van der Waals surface area contributed by atoms with Gasteiger partial charge in [0.15, 0.2) is 5.65 Å². The second kappa shape index (κ2) is 9.01. The lowest BCUT2D eigenvalue weighted by Gasteiger charge is -2.39. The Balaban J connectivity index is 0.00000131. The molecule has 0 bridgehead atoms. The molecule has 0 saturated carbocycles. The second-order valence-corrected chi connectivity index (χ2v) is 6.52. The number of aryl methyl sites for hydroxylation is 1.